The minimum Gasteiger partial charge on any atom is -0.497 e. The number of methoxy groups -OCH3 is 1. The highest BCUT2D eigenvalue weighted by Gasteiger charge is 2.33. The van der Waals surface area contributed by atoms with Gasteiger partial charge in [0, 0.05) is 28.9 Å². The van der Waals surface area contributed by atoms with Crippen molar-refractivity contribution in [3.63, 3.8) is 0 Å². The van der Waals surface area contributed by atoms with E-state index in [9.17, 15) is 14.9 Å². The SMILES string of the molecule is COc1ccc(NC(=O)c2c(N=Cc3cccc([N+](=O)[O-])c3)sc3c2CCC(C(C)(C)C)C3)cc1. The summed E-state index contributed by atoms with van der Waals surface area (Å²) in [5.41, 5.74) is 3.12. The fourth-order valence-corrected chi connectivity index (χ4v) is 5.62. The molecule has 1 aromatic heterocycles. The Morgan fingerprint density at radius 2 is 1.97 bits per heavy atom. The Balaban J connectivity index is 1.69. The summed E-state index contributed by atoms with van der Waals surface area (Å²) in [5.74, 6) is 1.04. The summed E-state index contributed by atoms with van der Waals surface area (Å²) in [6.07, 6.45) is 4.35. The first-order valence-electron chi connectivity index (χ1n) is 11.5. The van der Waals surface area contributed by atoms with Gasteiger partial charge in [0.2, 0.25) is 0 Å². The van der Waals surface area contributed by atoms with Crippen molar-refractivity contribution >= 4 is 39.8 Å². The Morgan fingerprint density at radius 1 is 1.23 bits per heavy atom. The summed E-state index contributed by atoms with van der Waals surface area (Å²) >= 11 is 1.54. The van der Waals surface area contributed by atoms with Crippen molar-refractivity contribution in [2.75, 3.05) is 12.4 Å². The van der Waals surface area contributed by atoms with Gasteiger partial charge in [-0.3, -0.25) is 14.9 Å². The lowest BCUT2D eigenvalue weighted by Gasteiger charge is -2.33. The van der Waals surface area contributed by atoms with Crippen LogP contribution >= 0.6 is 11.3 Å². The Kier molecular flexibility index (Phi) is 7.03. The lowest BCUT2D eigenvalue weighted by molar-refractivity contribution is -0.384. The monoisotopic (exact) mass is 491 g/mol. The van der Waals surface area contributed by atoms with Crippen molar-refractivity contribution in [1.29, 1.82) is 0 Å². The number of carbonyl (C=O) groups is 1. The number of hydrogen-bond acceptors (Lipinski definition) is 6. The molecule has 1 aliphatic carbocycles. The molecule has 0 radical (unpaired) electrons. The van der Waals surface area contributed by atoms with Crippen LogP contribution < -0.4 is 10.1 Å². The second-order valence-corrected chi connectivity index (χ2v) is 10.9. The highest BCUT2D eigenvalue weighted by molar-refractivity contribution is 7.16. The van der Waals surface area contributed by atoms with Gasteiger partial charge in [0.1, 0.15) is 10.8 Å². The summed E-state index contributed by atoms with van der Waals surface area (Å²) in [5, 5.41) is 14.8. The van der Waals surface area contributed by atoms with Gasteiger partial charge in [-0.2, -0.15) is 0 Å². The van der Waals surface area contributed by atoms with Crippen LogP contribution in [0.25, 0.3) is 0 Å². The Bertz CT molecular complexity index is 1270. The number of nitro groups is 1. The highest BCUT2D eigenvalue weighted by atomic mass is 32.1. The van der Waals surface area contributed by atoms with Crippen LogP contribution in [0.3, 0.4) is 0 Å². The van der Waals surface area contributed by atoms with Crippen molar-refractivity contribution in [3.05, 3.63) is 80.2 Å². The second-order valence-electron chi connectivity index (χ2n) is 9.78. The molecule has 0 saturated heterocycles. The van der Waals surface area contributed by atoms with E-state index in [0.717, 1.165) is 24.8 Å². The quantitative estimate of drug-likeness (QED) is 0.233. The second kappa shape index (κ2) is 10.00. The number of aliphatic imine (C=N–C) groups is 1. The summed E-state index contributed by atoms with van der Waals surface area (Å²) in [6.45, 7) is 6.78. The molecule has 2 aromatic carbocycles. The topological polar surface area (TPSA) is 93.8 Å². The molecule has 35 heavy (non-hydrogen) atoms. The normalized spacial score (nSPS) is 15.6. The molecular weight excluding hydrogens is 462 g/mol. The number of benzene rings is 2. The summed E-state index contributed by atoms with van der Waals surface area (Å²) in [6, 6.07) is 13.5. The molecule has 0 aliphatic heterocycles. The molecule has 1 heterocycles. The van der Waals surface area contributed by atoms with Crippen molar-refractivity contribution < 1.29 is 14.5 Å². The summed E-state index contributed by atoms with van der Waals surface area (Å²) in [4.78, 5) is 30.0. The smallest absolute Gasteiger partial charge is 0.270 e. The number of fused-ring (bicyclic) bond motifs is 1. The standard InChI is InChI=1S/C27H29N3O4S/c1-27(2,3)18-8-13-22-23(15-18)35-26(28-16-17-6-5-7-20(14-17)30(32)33)24(22)25(31)29-19-9-11-21(34-4)12-10-19/h5-7,9-12,14,16,18H,8,13,15H2,1-4H3,(H,29,31). The number of rotatable bonds is 6. The molecule has 1 aliphatic rings. The molecule has 0 saturated carbocycles. The Hall–Kier alpha value is -3.52. The van der Waals surface area contributed by atoms with Crippen molar-refractivity contribution in [2.24, 2.45) is 16.3 Å². The van der Waals surface area contributed by atoms with Crippen LogP contribution in [0.15, 0.2) is 53.5 Å². The minimum atomic E-state index is -0.429. The average Bonchev–Trinajstić information content (AvgIpc) is 3.20. The number of amides is 1. The molecule has 0 fully saturated rings. The first kappa shape index (κ1) is 24.6. The molecule has 182 valence electrons. The van der Waals surface area contributed by atoms with Gasteiger partial charge in [0.25, 0.3) is 11.6 Å². The Labute approximate surface area is 209 Å². The number of thiophene rings is 1. The fraction of sp³-hybridized carbons (Fsp3) is 0.333. The zero-order valence-corrected chi connectivity index (χ0v) is 21.1. The third kappa shape index (κ3) is 5.59. The molecule has 0 bridgehead atoms. The van der Waals surface area contributed by atoms with Gasteiger partial charge in [0.05, 0.1) is 17.6 Å². The third-order valence-corrected chi connectivity index (χ3v) is 7.62. The maximum Gasteiger partial charge on any atom is 0.270 e. The van der Waals surface area contributed by atoms with Gasteiger partial charge >= 0.3 is 0 Å². The fourth-order valence-electron chi connectivity index (χ4n) is 4.36. The predicted molar refractivity (Wildman–Crippen MR) is 141 cm³/mol. The van der Waals surface area contributed by atoms with E-state index in [1.54, 1.807) is 61.1 Å². The molecule has 8 heteroatoms. The van der Waals surface area contributed by atoms with E-state index in [0.29, 0.717) is 33.5 Å². The zero-order chi connectivity index (χ0) is 25.2. The van der Waals surface area contributed by atoms with Gasteiger partial charge in [0.15, 0.2) is 0 Å². The zero-order valence-electron chi connectivity index (χ0n) is 20.3. The van der Waals surface area contributed by atoms with Crippen LogP contribution in [0.4, 0.5) is 16.4 Å². The van der Waals surface area contributed by atoms with Crippen LogP contribution in [0.5, 0.6) is 5.75 Å². The molecule has 1 amide bonds. The number of anilines is 1. The number of nitro benzene ring substituents is 1. The minimum absolute atomic E-state index is 0.00455. The van der Waals surface area contributed by atoms with E-state index in [2.05, 4.69) is 31.1 Å². The van der Waals surface area contributed by atoms with Crippen LogP contribution in [0, 0.1) is 21.4 Å². The molecule has 0 spiro atoms. The lowest BCUT2D eigenvalue weighted by Crippen LogP contribution is -2.27. The molecule has 7 nitrogen and oxygen atoms in total. The van der Waals surface area contributed by atoms with E-state index in [4.69, 9.17) is 4.74 Å². The largest absolute Gasteiger partial charge is 0.497 e. The molecule has 1 atom stereocenters. The van der Waals surface area contributed by atoms with Gasteiger partial charge in [-0.05, 0) is 66.0 Å². The molecule has 1 unspecified atom stereocenters. The van der Waals surface area contributed by atoms with Crippen LogP contribution in [0.1, 0.15) is 53.6 Å². The van der Waals surface area contributed by atoms with Gasteiger partial charge in [-0.1, -0.05) is 32.9 Å². The number of hydrogen-bond donors (Lipinski definition) is 1. The Morgan fingerprint density at radius 3 is 2.63 bits per heavy atom. The predicted octanol–water partition coefficient (Wildman–Crippen LogP) is 6.82. The molecule has 4 rings (SSSR count). The van der Waals surface area contributed by atoms with Gasteiger partial charge < -0.3 is 10.1 Å². The van der Waals surface area contributed by atoms with E-state index in [-0.39, 0.29) is 17.0 Å². The van der Waals surface area contributed by atoms with Crippen molar-refractivity contribution in [3.8, 4) is 5.75 Å². The molecule has 3 aromatic rings. The number of non-ortho nitro benzene ring substituents is 1. The number of nitrogens with zero attached hydrogens (tertiary/aromatic N) is 2. The van der Waals surface area contributed by atoms with Gasteiger partial charge in [-0.15, -0.1) is 11.3 Å². The van der Waals surface area contributed by atoms with E-state index >= 15 is 0 Å². The number of nitrogens with one attached hydrogen (secondary N) is 1. The van der Waals surface area contributed by atoms with E-state index in [1.807, 2.05) is 0 Å². The number of carbonyl (C=O) groups excluding carboxylic acids is 1. The molecular formula is C27H29N3O4S. The van der Waals surface area contributed by atoms with Crippen LogP contribution in [-0.2, 0) is 12.8 Å². The maximum atomic E-state index is 13.5. The van der Waals surface area contributed by atoms with E-state index in [1.165, 1.54) is 17.0 Å². The van der Waals surface area contributed by atoms with Crippen LogP contribution in [-0.4, -0.2) is 24.2 Å². The lowest BCUT2D eigenvalue weighted by atomic mass is 9.72. The summed E-state index contributed by atoms with van der Waals surface area (Å²) < 4.78 is 5.20. The number of ether oxygens (including phenoxy) is 1. The summed E-state index contributed by atoms with van der Waals surface area (Å²) in [7, 11) is 1.60. The van der Waals surface area contributed by atoms with Crippen molar-refractivity contribution in [2.45, 2.75) is 40.0 Å². The third-order valence-electron chi connectivity index (χ3n) is 6.46. The van der Waals surface area contributed by atoms with Crippen LogP contribution in [0.2, 0.25) is 0 Å². The first-order valence-corrected chi connectivity index (χ1v) is 12.4. The average molecular weight is 492 g/mol. The molecule has 1 N–H and O–H groups in total. The first-order chi connectivity index (χ1) is 16.7. The highest BCUT2D eigenvalue weighted by Crippen LogP contribution is 2.45. The maximum absolute atomic E-state index is 13.5. The van der Waals surface area contributed by atoms with E-state index < -0.39 is 4.92 Å². The van der Waals surface area contributed by atoms with Gasteiger partial charge in [-0.25, -0.2) is 4.99 Å². The van der Waals surface area contributed by atoms with Crippen molar-refractivity contribution in [1.82, 2.24) is 0 Å².